The fourth-order valence-electron chi connectivity index (χ4n) is 3.71. The number of aliphatic imine (C=N–C) groups is 1. The number of carboxylic acids is 1. The number of fused-ring (bicyclic) bond motifs is 1. The van der Waals surface area contributed by atoms with Crippen LogP contribution in [0.3, 0.4) is 0 Å². The van der Waals surface area contributed by atoms with Gasteiger partial charge in [-0.15, -0.1) is 24.8 Å². The number of carbonyl (C=O) groups is 1. The van der Waals surface area contributed by atoms with Crippen LogP contribution in [-0.4, -0.2) is 30.3 Å². The third kappa shape index (κ3) is 4.79. The smallest absolute Gasteiger partial charge is 0.173 e. The molecule has 33 heavy (non-hydrogen) atoms. The van der Waals surface area contributed by atoms with Crippen molar-refractivity contribution >= 4 is 75.8 Å². The minimum Gasteiger partial charge on any atom is -0.545 e. The van der Waals surface area contributed by atoms with Gasteiger partial charge < -0.3 is 24.3 Å². The van der Waals surface area contributed by atoms with Gasteiger partial charge in [0, 0.05) is 33.5 Å². The molecule has 11 heteroatoms. The quantitative estimate of drug-likeness (QED) is 0.502. The lowest BCUT2D eigenvalue weighted by atomic mass is 9.93. The largest absolute Gasteiger partial charge is 0.545 e. The molecule has 0 aliphatic carbocycles. The highest BCUT2D eigenvalue weighted by Crippen LogP contribution is 2.50. The molecule has 0 saturated heterocycles. The van der Waals surface area contributed by atoms with Crippen LogP contribution in [0.1, 0.15) is 24.1 Å². The minimum atomic E-state index is -1.31. The SMILES string of the molecule is COc1cccc(C2C(C(=O)[O-])=C(C)N=C3SC(c4c(Cl)cccc4Cl)=CN32)c1OC.Cl.Cl. The average Bonchev–Trinajstić information content (AvgIpc) is 3.14. The van der Waals surface area contributed by atoms with Gasteiger partial charge in [0.25, 0.3) is 0 Å². The molecule has 0 bridgehead atoms. The van der Waals surface area contributed by atoms with Crippen molar-refractivity contribution in [3.8, 4) is 11.5 Å². The number of hydrogen-bond donors (Lipinski definition) is 0. The van der Waals surface area contributed by atoms with E-state index in [4.69, 9.17) is 32.7 Å². The van der Waals surface area contributed by atoms with Crippen LogP contribution in [0.15, 0.2) is 58.9 Å². The van der Waals surface area contributed by atoms with Gasteiger partial charge in [0.2, 0.25) is 0 Å². The number of carboxylic acid groups (broad SMARTS) is 1. The number of ether oxygens (including phenoxy) is 2. The third-order valence-electron chi connectivity index (χ3n) is 5.04. The molecule has 2 aromatic carbocycles. The zero-order valence-electron chi connectivity index (χ0n) is 17.6. The van der Waals surface area contributed by atoms with E-state index in [1.54, 1.807) is 54.4 Å². The highest BCUT2D eigenvalue weighted by atomic mass is 35.5. The lowest BCUT2D eigenvalue weighted by Gasteiger charge is -2.35. The van der Waals surface area contributed by atoms with Crippen LogP contribution in [0.4, 0.5) is 0 Å². The molecule has 0 spiro atoms. The van der Waals surface area contributed by atoms with E-state index in [0.29, 0.717) is 43.5 Å². The van der Waals surface area contributed by atoms with Crippen LogP contribution in [-0.2, 0) is 4.79 Å². The number of halogens is 4. The average molecular weight is 549 g/mol. The Morgan fingerprint density at radius 1 is 1.09 bits per heavy atom. The zero-order chi connectivity index (χ0) is 22.3. The predicted molar refractivity (Wildman–Crippen MR) is 136 cm³/mol. The summed E-state index contributed by atoms with van der Waals surface area (Å²) in [4.78, 5) is 19.2. The van der Waals surface area contributed by atoms with Crippen molar-refractivity contribution in [2.75, 3.05) is 14.2 Å². The first kappa shape index (κ1) is 27.2. The maximum absolute atomic E-state index is 12.1. The summed E-state index contributed by atoms with van der Waals surface area (Å²) < 4.78 is 11.0. The molecule has 0 amide bonds. The van der Waals surface area contributed by atoms with Crippen LogP contribution >= 0.6 is 59.8 Å². The number of amidine groups is 1. The molecule has 1 unspecified atom stereocenters. The van der Waals surface area contributed by atoms with Gasteiger partial charge in [-0.2, -0.15) is 0 Å². The van der Waals surface area contributed by atoms with Crippen LogP contribution in [0.5, 0.6) is 11.5 Å². The first-order valence-electron chi connectivity index (χ1n) is 9.21. The van der Waals surface area contributed by atoms with E-state index < -0.39 is 12.0 Å². The van der Waals surface area contributed by atoms with E-state index in [-0.39, 0.29) is 30.4 Å². The van der Waals surface area contributed by atoms with Crippen molar-refractivity contribution in [1.82, 2.24) is 4.90 Å². The second-order valence-corrected chi connectivity index (χ2v) is 8.59. The van der Waals surface area contributed by atoms with E-state index in [0.717, 1.165) is 4.91 Å². The van der Waals surface area contributed by atoms with Crippen molar-refractivity contribution in [3.63, 3.8) is 0 Å². The number of rotatable bonds is 5. The molecule has 2 aliphatic heterocycles. The molecular weight excluding hydrogens is 530 g/mol. The molecule has 0 fully saturated rings. The van der Waals surface area contributed by atoms with E-state index >= 15 is 0 Å². The number of nitrogens with zero attached hydrogens (tertiary/aromatic N) is 2. The first-order chi connectivity index (χ1) is 14.9. The van der Waals surface area contributed by atoms with Gasteiger partial charge in [0.1, 0.15) is 0 Å². The predicted octanol–water partition coefficient (Wildman–Crippen LogP) is 5.34. The molecular formula is C22H19Cl4N2O4S-. The van der Waals surface area contributed by atoms with Crippen molar-refractivity contribution in [3.05, 3.63) is 75.0 Å². The summed E-state index contributed by atoms with van der Waals surface area (Å²) in [5, 5.41) is 13.7. The number of methoxy groups -OCH3 is 2. The third-order valence-corrected chi connectivity index (χ3v) is 6.68. The fourth-order valence-corrected chi connectivity index (χ4v) is 5.55. The minimum absolute atomic E-state index is 0. The molecule has 4 rings (SSSR count). The van der Waals surface area contributed by atoms with Gasteiger partial charge in [0.15, 0.2) is 16.7 Å². The highest BCUT2D eigenvalue weighted by Gasteiger charge is 2.39. The molecule has 1 atom stereocenters. The van der Waals surface area contributed by atoms with Crippen LogP contribution in [0, 0.1) is 0 Å². The summed E-state index contributed by atoms with van der Waals surface area (Å²) in [5.74, 6) is -0.382. The Balaban J connectivity index is 0.00000193. The number of hydrogen-bond acceptors (Lipinski definition) is 7. The lowest BCUT2D eigenvalue weighted by molar-refractivity contribution is -0.300. The molecule has 2 heterocycles. The summed E-state index contributed by atoms with van der Waals surface area (Å²) in [6.07, 6.45) is 1.80. The van der Waals surface area contributed by atoms with Crippen LogP contribution < -0.4 is 14.6 Å². The van der Waals surface area contributed by atoms with Gasteiger partial charge in [0.05, 0.1) is 36.3 Å². The zero-order valence-corrected chi connectivity index (χ0v) is 21.6. The molecule has 2 aromatic rings. The van der Waals surface area contributed by atoms with Gasteiger partial charge in [-0.3, -0.25) is 0 Å². The fraction of sp³-hybridized carbons (Fsp3) is 0.182. The van der Waals surface area contributed by atoms with E-state index in [2.05, 4.69) is 4.99 Å². The summed E-state index contributed by atoms with van der Waals surface area (Å²) in [5.41, 5.74) is 1.67. The van der Waals surface area contributed by atoms with E-state index in [1.165, 1.54) is 26.0 Å². The van der Waals surface area contributed by atoms with Gasteiger partial charge >= 0.3 is 0 Å². The molecule has 0 aromatic heterocycles. The topological polar surface area (TPSA) is 74.2 Å². The first-order valence-corrected chi connectivity index (χ1v) is 10.8. The summed E-state index contributed by atoms with van der Waals surface area (Å²) in [6.45, 7) is 1.65. The molecule has 0 saturated carbocycles. The van der Waals surface area contributed by atoms with Crippen LogP contribution in [0.2, 0.25) is 10.0 Å². The van der Waals surface area contributed by atoms with Crippen molar-refractivity contribution in [2.45, 2.75) is 13.0 Å². The molecule has 2 aliphatic rings. The Hall–Kier alpha value is -2.03. The lowest BCUT2D eigenvalue weighted by Crippen LogP contribution is -2.38. The maximum Gasteiger partial charge on any atom is 0.173 e. The Bertz CT molecular complexity index is 1160. The van der Waals surface area contributed by atoms with Crippen molar-refractivity contribution < 1.29 is 19.4 Å². The summed E-state index contributed by atoms with van der Waals surface area (Å²) >= 11 is 14.2. The second-order valence-electron chi connectivity index (χ2n) is 6.77. The second kappa shape index (κ2) is 10.9. The normalized spacial score (nSPS) is 16.8. The summed E-state index contributed by atoms with van der Waals surface area (Å²) in [7, 11) is 3.04. The monoisotopic (exact) mass is 547 g/mol. The molecule has 0 N–H and O–H groups in total. The molecule has 176 valence electrons. The number of carbonyl (C=O) groups excluding carboxylic acids is 1. The Morgan fingerprint density at radius 2 is 1.73 bits per heavy atom. The maximum atomic E-state index is 12.1. The standard InChI is InChI=1S/C22H18Cl2N2O4S.2ClH/c1-11-17(21(27)28)19(12-6-4-9-15(29-2)20(12)30-3)26-10-16(31-22(26)25-11)18-13(23)7-5-8-14(18)24;;/h4-10,19H,1-3H3,(H,27,28);2*1H/p-1. The van der Waals surface area contributed by atoms with E-state index in [9.17, 15) is 9.90 Å². The van der Waals surface area contributed by atoms with Crippen molar-refractivity contribution in [1.29, 1.82) is 0 Å². The van der Waals surface area contributed by atoms with E-state index in [1.807, 2.05) is 0 Å². The van der Waals surface area contributed by atoms with Gasteiger partial charge in [-0.05, 0) is 36.9 Å². The van der Waals surface area contributed by atoms with Crippen LogP contribution in [0.25, 0.3) is 4.91 Å². The molecule has 0 radical (unpaired) electrons. The number of thioether (sulfide) groups is 1. The Labute approximate surface area is 218 Å². The van der Waals surface area contributed by atoms with Gasteiger partial charge in [-0.25, -0.2) is 4.99 Å². The Morgan fingerprint density at radius 3 is 2.30 bits per heavy atom. The number of para-hydroxylation sites is 1. The summed E-state index contributed by atoms with van der Waals surface area (Å²) in [6, 6.07) is 9.85. The highest BCUT2D eigenvalue weighted by molar-refractivity contribution is 8.22. The Kier molecular flexibility index (Phi) is 9.01. The van der Waals surface area contributed by atoms with Crippen molar-refractivity contribution in [2.24, 2.45) is 4.99 Å². The number of aliphatic carboxylic acids is 1. The van der Waals surface area contributed by atoms with Gasteiger partial charge in [-0.1, -0.05) is 41.4 Å². The number of benzene rings is 2. The number of allylic oxidation sites excluding steroid dienone is 1. The molecule has 6 nitrogen and oxygen atoms in total.